The molecule has 0 spiro atoms. The second kappa shape index (κ2) is 11.2. The third kappa shape index (κ3) is 5.91. The van der Waals surface area contributed by atoms with E-state index in [1.165, 1.54) is 6.08 Å². The second-order valence-electron chi connectivity index (χ2n) is 7.08. The minimum absolute atomic E-state index is 0.215. The summed E-state index contributed by atoms with van der Waals surface area (Å²) < 4.78 is 5.48. The van der Waals surface area contributed by atoms with Gasteiger partial charge in [-0.15, -0.1) is 0 Å². The number of halogens is 2. The molecule has 0 saturated carbocycles. The van der Waals surface area contributed by atoms with Gasteiger partial charge >= 0.3 is 5.97 Å². The van der Waals surface area contributed by atoms with Gasteiger partial charge in [-0.2, -0.15) is 0 Å². The SMILES string of the molecule is CCN(CC)CCOC(=O)c1[nH]c2cc(Cl)cc(Cl)c2c1/C=C/C(=O)Nc1ccccc1. The summed E-state index contributed by atoms with van der Waals surface area (Å²) >= 11 is 12.5. The van der Waals surface area contributed by atoms with E-state index in [4.69, 9.17) is 27.9 Å². The van der Waals surface area contributed by atoms with E-state index >= 15 is 0 Å². The number of fused-ring (bicyclic) bond motifs is 1. The maximum atomic E-state index is 12.8. The average Bonchev–Trinajstić information content (AvgIpc) is 3.14. The highest BCUT2D eigenvalue weighted by Crippen LogP contribution is 2.33. The number of likely N-dealkylation sites (N-methyl/N-ethyl adjacent to an activating group) is 1. The number of aromatic nitrogens is 1. The summed E-state index contributed by atoms with van der Waals surface area (Å²) in [7, 11) is 0. The van der Waals surface area contributed by atoms with Gasteiger partial charge in [0.1, 0.15) is 12.3 Å². The van der Waals surface area contributed by atoms with Gasteiger partial charge in [0.15, 0.2) is 0 Å². The summed E-state index contributed by atoms with van der Waals surface area (Å²) in [6.07, 6.45) is 2.91. The standard InChI is InChI=1S/C24H25Cl2N3O3/c1-3-29(4-2)12-13-32-24(31)23-18(22-19(26)14-16(25)15-20(22)28-23)10-11-21(30)27-17-8-6-5-7-9-17/h5-11,14-15,28H,3-4,12-13H2,1-2H3,(H,27,30)/b11-10+. The fourth-order valence-electron chi connectivity index (χ4n) is 3.34. The number of amides is 1. The minimum Gasteiger partial charge on any atom is -0.460 e. The molecule has 0 aliphatic heterocycles. The normalized spacial score (nSPS) is 11.4. The molecule has 3 rings (SSSR count). The zero-order valence-corrected chi connectivity index (χ0v) is 19.5. The van der Waals surface area contributed by atoms with Gasteiger partial charge in [0, 0.05) is 39.8 Å². The molecule has 1 heterocycles. The summed E-state index contributed by atoms with van der Waals surface area (Å²) in [6, 6.07) is 12.4. The highest BCUT2D eigenvalue weighted by molar-refractivity contribution is 6.39. The fourth-order valence-corrected chi connectivity index (χ4v) is 3.94. The Balaban J connectivity index is 1.87. The van der Waals surface area contributed by atoms with Crippen LogP contribution in [0.1, 0.15) is 29.9 Å². The van der Waals surface area contributed by atoms with Crippen LogP contribution in [0.25, 0.3) is 17.0 Å². The molecule has 0 unspecified atom stereocenters. The lowest BCUT2D eigenvalue weighted by atomic mass is 10.1. The van der Waals surface area contributed by atoms with E-state index < -0.39 is 5.97 Å². The number of ether oxygens (including phenoxy) is 1. The number of para-hydroxylation sites is 1. The van der Waals surface area contributed by atoms with Crippen molar-refractivity contribution in [3.63, 3.8) is 0 Å². The van der Waals surface area contributed by atoms with E-state index in [0.29, 0.717) is 38.7 Å². The van der Waals surface area contributed by atoms with E-state index in [1.54, 1.807) is 30.3 Å². The molecule has 0 radical (unpaired) electrons. The fraction of sp³-hybridized carbons (Fsp3) is 0.250. The number of carbonyl (C=O) groups excluding carboxylic acids is 2. The lowest BCUT2D eigenvalue weighted by molar-refractivity contribution is -0.111. The number of carbonyl (C=O) groups is 2. The minimum atomic E-state index is -0.524. The Morgan fingerprint density at radius 3 is 2.53 bits per heavy atom. The van der Waals surface area contributed by atoms with Crippen molar-refractivity contribution in [3.05, 3.63) is 69.8 Å². The second-order valence-corrected chi connectivity index (χ2v) is 7.92. The monoisotopic (exact) mass is 473 g/mol. The molecule has 1 amide bonds. The molecule has 2 aromatic carbocycles. The van der Waals surface area contributed by atoms with Gasteiger partial charge in [-0.1, -0.05) is 55.2 Å². The molecule has 0 fully saturated rings. The van der Waals surface area contributed by atoms with Crippen molar-refractivity contribution in [2.75, 3.05) is 31.6 Å². The van der Waals surface area contributed by atoms with Crippen LogP contribution in [0.15, 0.2) is 48.5 Å². The third-order valence-corrected chi connectivity index (χ3v) is 5.55. The van der Waals surface area contributed by atoms with E-state index in [9.17, 15) is 9.59 Å². The number of hydrogen-bond donors (Lipinski definition) is 2. The molecule has 0 atom stereocenters. The zero-order valence-electron chi connectivity index (χ0n) is 18.0. The molecule has 32 heavy (non-hydrogen) atoms. The number of aromatic amines is 1. The summed E-state index contributed by atoms with van der Waals surface area (Å²) in [4.78, 5) is 30.4. The summed E-state index contributed by atoms with van der Waals surface area (Å²) in [5.41, 5.74) is 1.94. The number of esters is 1. The highest BCUT2D eigenvalue weighted by Gasteiger charge is 2.20. The molecule has 2 N–H and O–H groups in total. The largest absolute Gasteiger partial charge is 0.460 e. The quantitative estimate of drug-likeness (QED) is 0.312. The first-order chi connectivity index (χ1) is 15.4. The topological polar surface area (TPSA) is 74.4 Å². The van der Waals surface area contributed by atoms with Crippen LogP contribution >= 0.6 is 23.2 Å². The molecular weight excluding hydrogens is 449 g/mol. The highest BCUT2D eigenvalue weighted by atomic mass is 35.5. The number of H-pyrrole nitrogens is 1. The lowest BCUT2D eigenvalue weighted by Gasteiger charge is -2.17. The number of rotatable bonds is 9. The van der Waals surface area contributed by atoms with Crippen molar-refractivity contribution in [2.24, 2.45) is 0 Å². The van der Waals surface area contributed by atoms with Gasteiger partial charge in [0.25, 0.3) is 0 Å². The van der Waals surface area contributed by atoms with E-state index in [0.717, 1.165) is 13.1 Å². The van der Waals surface area contributed by atoms with Gasteiger partial charge < -0.3 is 19.9 Å². The number of anilines is 1. The van der Waals surface area contributed by atoms with Crippen LogP contribution in [0.4, 0.5) is 5.69 Å². The predicted molar refractivity (Wildman–Crippen MR) is 130 cm³/mol. The van der Waals surface area contributed by atoms with Crippen molar-refractivity contribution < 1.29 is 14.3 Å². The number of benzene rings is 2. The Morgan fingerprint density at radius 1 is 1.12 bits per heavy atom. The van der Waals surface area contributed by atoms with Crippen molar-refractivity contribution >= 4 is 57.7 Å². The molecular formula is C24H25Cl2N3O3. The van der Waals surface area contributed by atoms with Crippen LogP contribution in [0.2, 0.25) is 10.0 Å². The Morgan fingerprint density at radius 2 is 1.84 bits per heavy atom. The van der Waals surface area contributed by atoms with Crippen LogP contribution < -0.4 is 5.32 Å². The van der Waals surface area contributed by atoms with Gasteiger partial charge in [0.05, 0.1) is 5.02 Å². The van der Waals surface area contributed by atoms with E-state index in [1.807, 2.05) is 18.2 Å². The summed E-state index contributed by atoms with van der Waals surface area (Å²) in [6.45, 7) is 6.74. The van der Waals surface area contributed by atoms with Gasteiger partial charge in [-0.25, -0.2) is 4.79 Å². The van der Waals surface area contributed by atoms with E-state index in [2.05, 4.69) is 29.0 Å². The molecule has 168 valence electrons. The van der Waals surface area contributed by atoms with Crippen LogP contribution in [0, 0.1) is 0 Å². The maximum Gasteiger partial charge on any atom is 0.355 e. The van der Waals surface area contributed by atoms with Crippen molar-refractivity contribution in [2.45, 2.75) is 13.8 Å². The van der Waals surface area contributed by atoms with Crippen LogP contribution in [-0.4, -0.2) is 48.0 Å². The Kier molecular flexibility index (Phi) is 8.33. The predicted octanol–water partition coefficient (Wildman–Crippen LogP) is 5.63. The average molecular weight is 474 g/mol. The molecule has 6 nitrogen and oxygen atoms in total. The van der Waals surface area contributed by atoms with Gasteiger partial charge in [-0.3, -0.25) is 4.79 Å². The molecule has 0 aliphatic carbocycles. The first kappa shape index (κ1) is 23.9. The smallest absolute Gasteiger partial charge is 0.355 e. The summed E-state index contributed by atoms with van der Waals surface area (Å²) in [5, 5.41) is 4.17. The summed E-state index contributed by atoms with van der Waals surface area (Å²) in [5.74, 6) is -0.861. The van der Waals surface area contributed by atoms with Crippen molar-refractivity contribution in [1.29, 1.82) is 0 Å². The van der Waals surface area contributed by atoms with Gasteiger partial charge in [0.2, 0.25) is 5.91 Å². The zero-order chi connectivity index (χ0) is 23.1. The third-order valence-electron chi connectivity index (χ3n) is 5.04. The molecule has 8 heteroatoms. The Bertz CT molecular complexity index is 1120. The maximum absolute atomic E-state index is 12.8. The molecule has 3 aromatic rings. The lowest BCUT2D eigenvalue weighted by Crippen LogP contribution is -2.28. The molecule has 1 aromatic heterocycles. The van der Waals surface area contributed by atoms with Gasteiger partial charge in [-0.05, 0) is 43.4 Å². The number of hydrogen-bond acceptors (Lipinski definition) is 4. The van der Waals surface area contributed by atoms with Crippen LogP contribution in [-0.2, 0) is 9.53 Å². The molecule has 0 aliphatic rings. The Hall–Kier alpha value is -2.80. The van der Waals surface area contributed by atoms with Crippen molar-refractivity contribution in [3.8, 4) is 0 Å². The van der Waals surface area contributed by atoms with E-state index in [-0.39, 0.29) is 18.2 Å². The molecule has 0 saturated heterocycles. The van der Waals surface area contributed by atoms with Crippen LogP contribution in [0.3, 0.4) is 0 Å². The van der Waals surface area contributed by atoms with Crippen LogP contribution in [0.5, 0.6) is 0 Å². The Labute approximate surface area is 197 Å². The number of nitrogens with zero attached hydrogens (tertiary/aromatic N) is 1. The number of nitrogens with one attached hydrogen (secondary N) is 2. The first-order valence-corrected chi connectivity index (χ1v) is 11.1. The van der Waals surface area contributed by atoms with Crippen molar-refractivity contribution in [1.82, 2.24) is 9.88 Å². The molecule has 0 bridgehead atoms. The first-order valence-electron chi connectivity index (χ1n) is 10.4.